The standard InChI is InChI=1S/C16H28N4S/c1-4-13-6-5-7-14(10-13)20-16(17-3)18-9-8-15-19-11-12(2)21-15/h11,13-14H,4-10H2,1-3H3,(H2,17,18,20). The first-order chi connectivity index (χ1) is 10.2. The lowest BCUT2D eigenvalue weighted by Gasteiger charge is -2.30. The number of rotatable bonds is 5. The smallest absolute Gasteiger partial charge is 0.191 e. The van der Waals surface area contributed by atoms with E-state index in [4.69, 9.17) is 0 Å². The number of aliphatic imine (C=N–C) groups is 1. The molecule has 0 aromatic carbocycles. The molecule has 1 aromatic heterocycles. The van der Waals surface area contributed by atoms with Crippen LogP contribution in [0.5, 0.6) is 0 Å². The predicted octanol–water partition coefficient (Wildman–Crippen LogP) is 3.13. The molecule has 0 spiro atoms. The second-order valence-electron chi connectivity index (χ2n) is 5.90. The summed E-state index contributed by atoms with van der Waals surface area (Å²) in [7, 11) is 1.85. The van der Waals surface area contributed by atoms with Gasteiger partial charge in [0.2, 0.25) is 0 Å². The molecule has 2 atom stereocenters. The van der Waals surface area contributed by atoms with E-state index in [1.54, 1.807) is 11.3 Å². The van der Waals surface area contributed by atoms with E-state index in [-0.39, 0.29) is 0 Å². The quantitative estimate of drug-likeness (QED) is 0.649. The molecular weight excluding hydrogens is 280 g/mol. The van der Waals surface area contributed by atoms with Gasteiger partial charge >= 0.3 is 0 Å². The second-order valence-corrected chi connectivity index (χ2v) is 7.22. The van der Waals surface area contributed by atoms with Gasteiger partial charge in [-0.2, -0.15) is 0 Å². The van der Waals surface area contributed by atoms with Crippen LogP contribution in [0.4, 0.5) is 0 Å². The summed E-state index contributed by atoms with van der Waals surface area (Å²) in [4.78, 5) is 10.0. The Morgan fingerprint density at radius 3 is 3.00 bits per heavy atom. The zero-order chi connectivity index (χ0) is 15.1. The minimum Gasteiger partial charge on any atom is -0.356 e. The van der Waals surface area contributed by atoms with Crippen molar-refractivity contribution in [3.05, 3.63) is 16.1 Å². The SMILES string of the molecule is CCC1CCCC(NC(=NC)NCCc2ncc(C)s2)C1. The summed E-state index contributed by atoms with van der Waals surface area (Å²) >= 11 is 1.77. The van der Waals surface area contributed by atoms with Crippen LogP contribution in [-0.4, -0.2) is 30.6 Å². The molecule has 0 radical (unpaired) electrons. The number of nitrogens with one attached hydrogen (secondary N) is 2. The Morgan fingerprint density at radius 1 is 1.48 bits per heavy atom. The van der Waals surface area contributed by atoms with E-state index >= 15 is 0 Å². The van der Waals surface area contributed by atoms with Crippen LogP contribution in [0.1, 0.15) is 48.9 Å². The topological polar surface area (TPSA) is 49.3 Å². The predicted molar refractivity (Wildman–Crippen MR) is 91.1 cm³/mol. The Labute approximate surface area is 132 Å². The zero-order valence-corrected chi connectivity index (χ0v) is 14.3. The molecule has 118 valence electrons. The Balaban J connectivity index is 1.73. The largest absolute Gasteiger partial charge is 0.356 e. The van der Waals surface area contributed by atoms with Crippen molar-refractivity contribution in [2.24, 2.45) is 10.9 Å². The molecule has 4 nitrogen and oxygen atoms in total. The molecule has 0 bridgehead atoms. The van der Waals surface area contributed by atoms with E-state index in [2.05, 4.69) is 34.5 Å². The van der Waals surface area contributed by atoms with Gasteiger partial charge in [0, 0.05) is 37.1 Å². The van der Waals surface area contributed by atoms with Gasteiger partial charge in [-0.3, -0.25) is 4.99 Å². The average molecular weight is 308 g/mol. The van der Waals surface area contributed by atoms with Crippen LogP contribution in [-0.2, 0) is 6.42 Å². The van der Waals surface area contributed by atoms with E-state index in [1.807, 2.05) is 13.2 Å². The van der Waals surface area contributed by atoms with E-state index in [9.17, 15) is 0 Å². The third-order valence-corrected chi connectivity index (χ3v) is 5.20. The molecule has 21 heavy (non-hydrogen) atoms. The number of aryl methyl sites for hydroxylation is 1. The van der Waals surface area contributed by atoms with Gasteiger partial charge in [-0.25, -0.2) is 4.98 Å². The van der Waals surface area contributed by atoms with Crippen LogP contribution < -0.4 is 10.6 Å². The molecule has 2 rings (SSSR count). The van der Waals surface area contributed by atoms with Gasteiger partial charge in [-0.1, -0.05) is 26.2 Å². The van der Waals surface area contributed by atoms with Crippen molar-refractivity contribution in [1.82, 2.24) is 15.6 Å². The van der Waals surface area contributed by atoms with Crippen LogP contribution in [0.15, 0.2) is 11.2 Å². The Hall–Kier alpha value is -1.10. The zero-order valence-electron chi connectivity index (χ0n) is 13.5. The normalized spacial score (nSPS) is 23.1. The number of hydrogen-bond donors (Lipinski definition) is 2. The fraction of sp³-hybridized carbons (Fsp3) is 0.750. The molecule has 0 amide bonds. The lowest BCUT2D eigenvalue weighted by atomic mass is 9.84. The Bertz CT molecular complexity index is 455. The average Bonchev–Trinajstić information content (AvgIpc) is 2.92. The summed E-state index contributed by atoms with van der Waals surface area (Å²) in [6.07, 6.45) is 9.48. The first-order valence-electron chi connectivity index (χ1n) is 8.09. The number of thiazole rings is 1. The lowest BCUT2D eigenvalue weighted by molar-refractivity contribution is 0.298. The first-order valence-corrected chi connectivity index (χ1v) is 8.91. The Morgan fingerprint density at radius 2 is 2.33 bits per heavy atom. The Kier molecular flexibility index (Phi) is 6.49. The maximum atomic E-state index is 4.39. The maximum absolute atomic E-state index is 4.39. The summed E-state index contributed by atoms with van der Waals surface area (Å²) in [6.45, 7) is 5.29. The molecule has 1 aliphatic rings. The number of nitrogens with zero attached hydrogens (tertiary/aromatic N) is 2. The van der Waals surface area contributed by atoms with Crippen LogP contribution in [0.3, 0.4) is 0 Å². The van der Waals surface area contributed by atoms with Crippen LogP contribution in [0, 0.1) is 12.8 Å². The molecule has 1 fully saturated rings. The van der Waals surface area contributed by atoms with E-state index in [1.165, 1.54) is 42.0 Å². The molecule has 1 heterocycles. The van der Waals surface area contributed by atoms with Crippen molar-refractivity contribution in [2.45, 2.75) is 58.4 Å². The van der Waals surface area contributed by atoms with Crippen LogP contribution >= 0.6 is 11.3 Å². The summed E-state index contributed by atoms with van der Waals surface area (Å²) in [5.41, 5.74) is 0. The third kappa shape index (κ3) is 5.30. The number of hydrogen-bond acceptors (Lipinski definition) is 3. The molecule has 2 unspecified atom stereocenters. The second kappa shape index (κ2) is 8.37. The van der Waals surface area contributed by atoms with Crippen molar-refractivity contribution in [1.29, 1.82) is 0 Å². The lowest BCUT2D eigenvalue weighted by Crippen LogP contribution is -2.45. The highest BCUT2D eigenvalue weighted by molar-refractivity contribution is 7.11. The molecule has 1 aliphatic carbocycles. The highest BCUT2D eigenvalue weighted by Crippen LogP contribution is 2.26. The van der Waals surface area contributed by atoms with E-state index in [0.717, 1.165) is 24.8 Å². The van der Waals surface area contributed by atoms with E-state index < -0.39 is 0 Å². The number of aromatic nitrogens is 1. The fourth-order valence-electron chi connectivity index (χ4n) is 2.99. The minimum absolute atomic E-state index is 0.581. The monoisotopic (exact) mass is 308 g/mol. The number of guanidine groups is 1. The molecule has 1 saturated carbocycles. The van der Waals surface area contributed by atoms with Crippen molar-refractivity contribution in [3.63, 3.8) is 0 Å². The third-order valence-electron chi connectivity index (χ3n) is 4.23. The van der Waals surface area contributed by atoms with Crippen molar-refractivity contribution in [2.75, 3.05) is 13.6 Å². The molecule has 2 N–H and O–H groups in total. The van der Waals surface area contributed by atoms with Gasteiger partial charge in [0.15, 0.2) is 5.96 Å². The van der Waals surface area contributed by atoms with Gasteiger partial charge in [0.05, 0.1) is 5.01 Å². The van der Waals surface area contributed by atoms with Crippen molar-refractivity contribution < 1.29 is 0 Å². The molecular formula is C16H28N4S. The van der Waals surface area contributed by atoms with Crippen LogP contribution in [0.25, 0.3) is 0 Å². The van der Waals surface area contributed by atoms with Gasteiger partial charge in [-0.15, -0.1) is 11.3 Å². The van der Waals surface area contributed by atoms with Gasteiger partial charge in [0.1, 0.15) is 0 Å². The summed E-state index contributed by atoms with van der Waals surface area (Å²) in [5, 5.41) is 8.19. The molecule has 1 aromatic rings. The van der Waals surface area contributed by atoms with Gasteiger partial charge in [0.25, 0.3) is 0 Å². The molecule has 0 saturated heterocycles. The maximum Gasteiger partial charge on any atom is 0.191 e. The summed E-state index contributed by atoms with van der Waals surface area (Å²) in [6, 6.07) is 0.581. The van der Waals surface area contributed by atoms with Gasteiger partial charge in [-0.05, 0) is 25.7 Å². The fourth-order valence-corrected chi connectivity index (χ4v) is 3.77. The van der Waals surface area contributed by atoms with Crippen molar-refractivity contribution >= 4 is 17.3 Å². The van der Waals surface area contributed by atoms with Crippen LogP contribution in [0.2, 0.25) is 0 Å². The highest BCUT2D eigenvalue weighted by Gasteiger charge is 2.21. The van der Waals surface area contributed by atoms with Gasteiger partial charge < -0.3 is 10.6 Å². The van der Waals surface area contributed by atoms with Crippen molar-refractivity contribution in [3.8, 4) is 0 Å². The summed E-state index contributed by atoms with van der Waals surface area (Å²) in [5.74, 6) is 1.82. The molecule has 0 aliphatic heterocycles. The first kappa shape index (κ1) is 16.3. The highest BCUT2D eigenvalue weighted by atomic mass is 32.1. The molecule has 5 heteroatoms. The summed E-state index contributed by atoms with van der Waals surface area (Å²) < 4.78 is 0. The van der Waals surface area contributed by atoms with E-state index in [0.29, 0.717) is 6.04 Å². The minimum atomic E-state index is 0.581.